The molecule has 0 aromatic rings. The molecule has 0 fully saturated rings. The molecule has 0 aliphatic rings. The van der Waals surface area contributed by atoms with Crippen molar-refractivity contribution in [1.29, 1.82) is 0 Å². The maximum atomic E-state index is 10.7. The summed E-state index contributed by atoms with van der Waals surface area (Å²) >= 11 is 0. The minimum atomic E-state index is -2.52. The standard InChI is InChI=1S/C9H18O5Si.C9H18O4Si/c1-5-9(10)14-7-6-8-15(11-2,12-3)13-4;1-4-9(10)13-7-5-6-8-14(11-2)12-3/h5H,1,6-8H2,2-4H3;4,14H,1,5-8H2,2-3H3. The number of carbonyl (C=O) groups is 2. The molecule has 0 aliphatic carbocycles. The summed E-state index contributed by atoms with van der Waals surface area (Å²) in [6, 6.07) is 1.56. The normalized spacial score (nSPS) is 10.7. The van der Waals surface area contributed by atoms with Crippen molar-refractivity contribution in [3.8, 4) is 0 Å². The molecule has 29 heavy (non-hydrogen) atoms. The highest BCUT2D eigenvalue weighted by molar-refractivity contribution is 6.60. The van der Waals surface area contributed by atoms with Crippen LogP contribution in [0.5, 0.6) is 0 Å². The van der Waals surface area contributed by atoms with E-state index in [-0.39, 0.29) is 5.97 Å². The lowest BCUT2D eigenvalue weighted by Gasteiger charge is -2.23. The molecule has 0 bridgehead atoms. The second-order valence-electron chi connectivity index (χ2n) is 5.54. The summed E-state index contributed by atoms with van der Waals surface area (Å²) in [5, 5.41) is 0. The van der Waals surface area contributed by atoms with Crippen LogP contribution in [-0.4, -0.2) is 78.8 Å². The highest BCUT2D eigenvalue weighted by atomic mass is 28.4. The molecule has 0 rings (SSSR count). The lowest BCUT2D eigenvalue weighted by Crippen LogP contribution is -2.42. The van der Waals surface area contributed by atoms with Gasteiger partial charge in [-0.25, -0.2) is 9.59 Å². The maximum absolute atomic E-state index is 10.7. The van der Waals surface area contributed by atoms with Gasteiger partial charge >= 0.3 is 30.0 Å². The lowest BCUT2D eigenvalue weighted by molar-refractivity contribution is -0.138. The van der Waals surface area contributed by atoms with Gasteiger partial charge in [-0.1, -0.05) is 13.2 Å². The Morgan fingerprint density at radius 1 is 0.793 bits per heavy atom. The molecule has 170 valence electrons. The first kappa shape index (κ1) is 29.9. The van der Waals surface area contributed by atoms with Gasteiger partial charge in [-0.15, -0.1) is 0 Å². The summed E-state index contributed by atoms with van der Waals surface area (Å²) in [7, 11) is 4.04. The predicted octanol–water partition coefficient (Wildman–Crippen LogP) is 1.99. The predicted molar refractivity (Wildman–Crippen MR) is 114 cm³/mol. The summed E-state index contributed by atoms with van der Waals surface area (Å²) in [4.78, 5) is 21.4. The molecular weight excluding hydrogens is 416 g/mol. The average Bonchev–Trinajstić information content (AvgIpc) is 2.76. The van der Waals surface area contributed by atoms with Gasteiger partial charge in [0, 0.05) is 53.7 Å². The molecule has 9 nitrogen and oxygen atoms in total. The van der Waals surface area contributed by atoms with E-state index in [0.717, 1.165) is 25.0 Å². The third-order valence-electron chi connectivity index (χ3n) is 3.74. The van der Waals surface area contributed by atoms with Crippen molar-refractivity contribution >= 4 is 30.0 Å². The van der Waals surface area contributed by atoms with Crippen LogP contribution in [0, 0.1) is 0 Å². The summed E-state index contributed by atoms with van der Waals surface area (Å²) in [5.74, 6) is -0.785. The van der Waals surface area contributed by atoms with Crippen LogP contribution >= 0.6 is 0 Å². The summed E-state index contributed by atoms with van der Waals surface area (Å²) < 4.78 is 35.5. The van der Waals surface area contributed by atoms with Gasteiger partial charge in [0.25, 0.3) is 0 Å². The molecule has 0 heterocycles. The highest BCUT2D eigenvalue weighted by Crippen LogP contribution is 2.14. The van der Waals surface area contributed by atoms with Crippen LogP contribution in [0.3, 0.4) is 0 Å². The van der Waals surface area contributed by atoms with Crippen LogP contribution in [-0.2, 0) is 41.2 Å². The molecule has 0 aliphatic heterocycles. The van der Waals surface area contributed by atoms with Gasteiger partial charge in [0.2, 0.25) is 0 Å². The molecule has 0 radical (unpaired) electrons. The van der Waals surface area contributed by atoms with E-state index in [1.807, 2.05) is 0 Å². The molecule has 11 heteroatoms. The molecule has 0 spiro atoms. The average molecular weight is 453 g/mol. The first-order chi connectivity index (χ1) is 13.9. The zero-order valence-corrected chi connectivity index (χ0v) is 20.4. The molecule has 0 unspecified atom stereocenters. The van der Waals surface area contributed by atoms with Crippen molar-refractivity contribution in [3.63, 3.8) is 0 Å². The third kappa shape index (κ3) is 16.2. The molecule has 0 atom stereocenters. The van der Waals surface area contributed by atoms with E-state index in [2.05, 4.69) is 13.2 Å². The summed E-state index contributed by atoms with van der Waals surface area (Å²) in [6.45, 7) is 7.36. The van der Waals surface area contributed by atoms with Gasteiger partial charge in [0.15, 0.2) is 0 Å². The zero-order valence-electron chi connectivity index (χ0n) is 18.3. The molecule has 0 saturated carbocycles. The van der Waals surface area contributed by atoms with Crippen LogP contribution in [0.4, 0.5) is 0 Å². The Morgan fingerprint density at radius 3 is 1.62 bits per heavy atom. The second-order valence-corrected chi connectivity index (χ2v) is 11.0. The molecule has 0 saturated heterocycles. The Morgan fingerprint density at radius 2 is 1.24 bits per heavy atom. The molecule has 0 N–H and O–H groups in total. The Balaban J connectivity index is 0. The second kappa shape index (κ2) is 19.9. The van der Waals surface area contributed by atoms with Crippen LogP contribution in [0.25, 0.3) is 0 Å². The summed E-state index contributed by atoms with van der Waals surface area (Å²) in [5.41, 5.74) is 0. The number of hydrogen-bond donors (Lipinski definition) is 0. The van der Waals surface area contributed by atoms with Gasteiger partial charge in [0.05, 0.1) is 13.2 Å². The van der Waals surface area contributed by atoms with Gasteiger partial charge in [-0.05, 0) is 25.3 Å². The van der Waals surface area contributed by atoms with Crippen LogP contribution in [0.2, 0.25) is 12.1 Å². The van der Waals surface area contributed by atoms with Crippen molar-refractivity contribution in [3.05, 3.63) is 25.3 Å². The van der Waals surface area contributed by atoms with Crippen molar-refractivity contribution in [2.24, 2.45) is 0 Å². The molecule has 0 aromatic carbocycles. The maximum Gasteiger partial charge on any atom is 0.500 e. The third-order valence-corrected chi connectivity index (χ3v) is 8.51. The van der Waals surface area contributed by atoms with Gasteiger partial charge in [-0.3, -0.25) is 0 Å². The van der Waals surface area contributed by atoms with Crippen molar-refractivity contribution < 1.29 is 41.2 Å². The number of hydrogen-bond acceptors (Lipinski definition) is 9. The van der Waals surface area contributed by atoms with E-state index in [1.165, 1.54) is 6.08 Å². The largest absolute Gasteiger partial charge is 0.500 e. The van der Waals surface area contributed by atoms with Crippen LogP contribution < -0.4 is 0 Å². The minimum Gasteiger partial charge on any atom is -0.463 e. The van der Waals surface area contributed by atoms with E-state index >= 15 is 0 Å². The minimum absolute atomic E-state index is 0.315. The number of carbonyl (C=O) groups excluding carboxylic acids is 2. The smallest absolute Gasteiger partial charge is 0.463 e. The van der Waals surface area contributed by atoms with E-state index in [0.29, 0.717) is 25.7 Å². The quantitative estimate of drug-likeness (QED) is 0.151. The van der Waals surface area contributed by atoms with Crippen molar-refractivity contribution in [2.75, 3.05) is 48.8 Å². The number of rotatable bonds is 16. The van der Waals surface area contributed by atoms with E-state index in [4.69, 9.17) is 31.6 Å². The van der Waals surface area contributed by atoms with E-state index in [9.17, 15) is 9.59 Å². The Labute approximate surface area is 177 Å². The monoisotopic (exact) mass is 452 g/mol. The zero-order chi connectivity index (χ0) is 22.5. The molecular formula is C18H36O9Si2. The van der Waals surface area contributed by atoms with E-state index < -0.39 is 24.1 Å². The molecule has 0 aromatic heterocycles. The fourth-order valence-corrected chi connectivity index (χ4v) is 5.03. The SMILES string of the molecule is C=CC(=O)OCCCC[SiH](OC)OC.C=CC(=O)OCCC[Si](OC)(OC)OC. The summed E-state index contributed by atoms with van der Waals surface area (Å²) in [6.07, 6.45) is 4.75. The van der Waals surface area contributed by atoms with Crippen molar-refractivity contribution in [1.82, 2.24) is 0 Å². The first-order valence-corrected chi connectivity index (χ1v) is 12.9. The van der Waals surface area contributed by atoms with Gasteiger partial charge in [-0.2, -0.15) is 0 Å². The fraction of sp³-hybridized carbons (Fsp3) is 0.667. The topological polar surface area (TPSA) is 98.8 Å². The van der Waals surface area contributed by atoms with Crippen LogP contribution in [0.15, 0.2) is 25.3 Å². The Kier molecular flexibility index (Phi) is 20.5. The molecule has 0 amide bonds. The number of ether oxygens (including phenoxy) is 2. The Hall–Kier alpha value is -1.35. The number of esters is 2. The lowest BCUT2D eigenvalue weighted by atomic mass is 10.4. The van der Waals surface area contributed by atoms with Crippen LogP contribution in [0.1, 0.15) is 19.3 Å². The fourth-order valence-electron chi connectivity index (χ4n) is 2.05. The van der Waals surface area contributed by atoms with Crippen molar-refractivity contribution in [2.45, 2.75) is 31.4 Å². The van der Waals surface area contributed by atoms with Gasteiger partial charge < -0.3 is 31.6 Å². The van der Waals surface area contributed by atoms with Gasteiger partial charge in [0.1, 0.15) is 0 Å². The first-order valence-electron chi connectivity index (χ1n) is 9.17. The highest BCUT2D eigenvalue weighted by Gasteiger charge is 2.36. The van der Waals surface area contributed by atoms with E-state index in [1.54, 1.807) is 35.5 Å². The Bertz CT molecular complexity index is 444. The number of unbranched alkanes of at least 4 members (excludes halogenated alkanes) is 1.